The van der Waals surface area contributed by atoms with Crippen LogP contribution in [0.3, 0.4) is 0 Å². The van der Waals surface area contributed by atoms with Crippen molar-refractivity contribution in [2.75, 3.05) is 4.90 Å². The summed E-state index contributed by atoms with van der Waals surface area (Å²) in [6.07, 6.45) is 3.23. The largest absolute Gasteiger partial charge is 0.465 e. The van der Waals surface area contributed by atoms with Gasteiger partial charge in [-0.05, 0) is 36.4 Å². The Kier molecular flexibility index (Phi) is 4.07. The predicted molar refractivity (Wildman–Crippen MR) is 101 cm³/mol. The van der Waals surface area contributed by atoms with E-state index in [4.69, 9.17) is 4.42 Å². The number of halogens is 1. The van der Waals surface area contributed by atoms with E-state index in [0.29, 0.717) is 17.3 Å². The third-order valence-corrected chi connectivity index (χ3v) is 4.33. The summed E-state index contributed by atoms with van der Waals surface area (Å²) in [7, 11) is 0. The minimum Gasteiger partial charge on any atom is -0.465 e. The van der Waals surface area contributed by atoms with Gasteiger partial charge in [0.25, 0.3) is 5.91 Å². The summed E-state index contributed by atoms with van der Waals surface area (Å²) < 4.78 is 6.27. The highest BCUT2D eigenvalue weighted by Crippen LogP contribution is 2.28. The minimum absolute atomic E-state index is 0.183. The first-order chi connectivity index (χ1) is 12.2. The van der Waals surface area contributed by atoms with Crippen LogP contribution >= 0.6 is 15.9 Å². The molecule has 0 radical (unpaired) electrons. The van der Waals surface area contributed by atoms with Crippen molar-refractivity contribution in [3.05, 3.63) is 94.5 Å². The lowest BCUT2D eigenvalue weighted by Gasteiger charge is -2.18. The van der Waals surface area contributed by atoms with E-state index in [1.54, 1.807) is 29.4 Å². The second-order valence-electron chi connectivity index (χ2n) is 5.46. The van der Waals surface area contributed by atoms with Crippen LogP contribution in [0.5, 0.6) is 0 Å². The van der Waals surface area contributed by atoms with Gasteiger partial charge in [-0.2, -0.15) is 0 Å². The zero-order valence-electron chi connectivity index (χ0n) is 13.1. The van der Waals surface area contributed by atoms with Gasteiger partial charge in [0, 0.05) is 16.1 Å². The van der Waals surface area contributed by atoms with E-state index < -0.39 is 0 Å². The number of nitrogens with zero attached hydrogens (tertiary/aromatic N) is 2. The van der Waals surface area contributed by atoms with Crippen molar-refractivity contribution in [3.8, 4) is 0 Å². The molecule has 1 aromatic heterocycles. The van der Waals surface area contributed by atoms with Crippen LogP contribution in [-0.4, -0.2) is 11.7 Å². The van der Waals surface area contributed by atoms with Gasteiger partial charge in [-0.15, -0.1) is 0 Å². The first-order valence-electron chi connectivity index (χ1n) is 7.72. The fourth-order valence-electron chi connectivity index (χ4n) is 2.64. The maximum absolute atomic E-state index is 13.0. The quantitative estimate of drug-likeness (QED) is 0.596. The molecule has 0 spiro atoms. The maximum atomic E-state index is 13.0. The number of benzene rings is 2. The van der Waals surface area contributed by atoms with Gasteiger partial charge in [0.1, 0.15) is 17.3 Å². The number of aliphatic imine (C=N–C) groups is 1. The van der Waals surface area contributed by atoms with Crippen molar-refractivity contribution in [1.82, 2.24) is 0 Å². The molecule has 25 heavy (non-hydrogen) atoms. The molecule has 2 aromatic carbocycles. The second kappa shape index (κ2) is 6.53. The summed E-state index contributed by atoms with van der Waals surface area (Å²) >= 11 is 3.42. The molecule has 5 heteroatoms. The fraction of sp³-hybridized carbons (Fsp3) is 0. The van der Waals surface area contributed by atoms with Gasteiger partial charge >= 0.3 is 0 Å². The molecule has 1 aliphatic rings. The van der Waals surface area contributed by atoms with E-state index in [-0.39, 0.29) is 5.91 Å². The van der Waals surface area contributed by atoms with Crippen LogP contribution in [0.25, 0.3) is 6.08 Å². The van der Waals surface area contributed by atoms with Crippen molar-refractivity contribution in [2.45, 2.75) is 0 Å². The van der Waals surface area contributed by atoms with E-state index in [2.05, 4.69) is 20.9 Å². The van der Waals surface area contributed by atoms with E-state index in [1.807, 2.05) is 54.6 Å². The summed E-state index contributed by atoms with van der Waals surface area (Å²) in [5, 5.41) is 0. The van der Waals surface area contributed by atoms with Crippen molar-refractivity contribution in [1.29, 1.82) is 0 Å². The molecule has 0 N–H and O–H groups in total. The zero-order valence-corrected chi connectivity index (χ0v) is 14.7. The average molecular weight is 393 g/mol. The van der Waals surface area contributed by atoms with Gasteiger partial charge in [-0.3, -0.25) is 9.69 Å². The number of carbonyl (C=O) groups excluding carboxylic acids is 1. The first-order valence-corrected chi connectivity index (χ1v) is 8.51. The smallest absolute Gasteiger partial charge is 0.282 e. The summed E-state index contributed by atoms with van der Waals surface area (Å²) in [6.45, 7) is 0. The number of hydrogen-bond acceptors (Lipinski definition) is 3. The molecule has 0 saturated carbocycles. The Morgan fingerprint density at radius 1 is 0.960 bits per heavy atom. The van der Waals surface area contributed by atoms with Gasteiger partial charge in [0.2, 0.25) is 0 Å². The van der Waals surface area contributed by atoms with Gasteiger partial charge in [0.15, 0.2) is 0 Å². The zero-order chi connectivity index (χ0) is 17.2. The van der Waals surface area contributed by atoms with E-state index in [9.17, 15) is 4.79 Å². The highest BCUT2D eigenvalue weighted by atomic mass is 79.9. The second-order valence-corrected chi connectivity index (χ2v) is 6.38. The van der Waals surface area contributed by atoms with E-state index >= 15 is 0 Å². The molecule has 0 saturated heterocycles. The normalized spacial score (nSPS) is 15.7. The third kappa shape index (κ3) is 3.06. The number of carbonyl (C=O) groups is 1. The lowest BCUT2D eigenvalue weighted by atomic mass is 10.2. The number of hydrogen-bond donors (Lipinski definition) is 0. The number of furan rings is 1. The summed E-state index contributed by atoms with van der Waals surface area (Å²) in [5.74, 6) is 1.01. The lowest BCUT2D eigenvalue weighted by molar-refractivity contribution is -0.113. The molecule has 0 atom stereocenters. The Balaban J connectivity index is 1.82. The molecular weight excluding hydrogens is 380 g/mol. The Labute approximate surface area is 153 Å². The molecule has 0 aliphatic carbocycles. The molecule has 4 rings (SSSR count). The predicted octanol–water partition coefficient (Wildman–Crippen LogP) is 4.88. The highest BCUT2D eigenvalue weighted by Gasteiger charge is 2.32. The highest BCUT2D eigenvalue weighted by molar-refractivity contribution is 9.10. The molecule has 122 valence electrons. The summed E-state index contributed by atoms with van der Waals surface area (Å²) in [4.78, 5) is 19.2. The van der Waals surface area contributed by atoms with Crippen LogP contribution in [0.4, 0.5) is 5.69 Å². The Bertz CT molecular complexity index is 959. The Hall–Kier alpha value is -2.92. The summed E-state index contributed by atoms with van der Waals surface area (Å²) in [5.41, 5.74) is 1.98. The molecule has 1 amide bonds. The van der Waals surface area contributed by atoms with Gasteiger partial charge in [-0.25, -0.2) is 4.99 Å². The fourth-order valence-corrected chi connectivity index (χ4v) is 2.90. The van der Waals surface area contributed by atoms with Crippen LogP contribution < -0.4 is 4.90 Å². The molecule has 0 fully saturated rings. The van der Waals surface area contributed by atoms with Gasteiger partial charge in [-0.1, -0.05) is 46.3 Å². The van der Waals surface area contributed by atoms with Crippen LogP contribution in [0.1, 0.15) is 11.3 Å². The van der Waals surface area contributed by atoms with Crippen LogP contribution in [0, 0.1) is 0 Å². The van der Waals surface area contributed by atoms with E-state index in [0.717, 1.165) is 15.7 Å². The summed E-state index contributed by atoms with van der Waals surface area (Å²) in [6, 6.07) is 20.8. The van der Waals surface area contributed by atoms with Crippen LogP contribution in [0.2, 0.25) is 0 Å². The third-order valence-electron chi connectivity index (χ3n) is 3.80. The monoisotopic (exact) mass is 392 g/mol. The molecule has 4 nitrogen and oxygen atoms in total. The van der Waals surface area contributed by atoms with Crippen molar-refractivity contribution in [2.24, 2.45) is 4.99 Å². The first kappa shape index (κ1) is 15.6. The van der Waals surface area contributed by atoms with Crippen LogP contribution in [0.15, 0.2) is 92.6 Å². The van der Waals surface area contributed by atoms with Gasteiger partial charge < -0.3 is 4.42 Å². The molecule has 2 heterocycles. The van der Waals surface area contributed by atoms with Crippen molar-refractivity contribution < 1.29 is 9.21 Å². The maximum Gasteiger partial charge on any atom is 0.282 e. The van der Waals surface area contributed by atoms with E-state index in [1.165, 1.54) is 0 Å². The Morgan fingerprint density at radius 2 is 1.72 bits per heavy atom. The number of anilines is 1. The molecular formula is C20H13BrN2O2. The molecule has 3 aromatic rings. The van der Waals surface area contributed by atoms with Crippen molar-refractivity contribution in [3.63, 3.8) is 0 Å². The van der Waals surface area contributed by atoms with Crippen molar-refractivity contribution >= 4 is 39.4 Å². The number of amidine groups is 1. The molecule has 0 unspecified atom stereocenters. The SMILES string of the molecule is O=C1/C(=C\c2ccco2)N=C(c2ccccc2)N1c1ccc(Br)cc1. The standard InChI is InChI=1S/C20H13BrN2O2/c21-15-8-10-16(11-9-15)23-19(14-5-2-1-3-6-14)22-18(20(23)24)13-17-7-4-12-25-17/h1-13H/b18-13+. The van der Waals surface area contributed by atoms with Gasteiger partial charge in [0.05, 0.1) is 12.0 Å². The molecule has 0 bridgehead atoms. The number of rotatable bonds is 3. The lowest BCUT2D eigenvalue weighted by Crippen LogP contribution is -2.32. The Morgan fingerprint density at radius 3 is 2.40 bits per heavy atom. The topological polar surface area (TPSA) is 45.8 Å². The minimum atomic E-state index is -0.183. The van der Waals surface area contributed by atoms with Crippen LogP contribution in [-0.2, 0) is 4.79 Å². The molecule has 1 aliphatic heterocycles. The average Bonchev–Trinajstić information content (AvgIpc) is 3.26. The number of amides is 1.